The third-order valence-corrected chi connectivity index (χ3v) is 6.74. The van der Waals surface area contributed by atoms with Crippen LogP contribution in [0.4, 0.5) is 0 Å². The molecule has 0 aromatic heterocycles. The molecule has 0 radical (unpaired) electrons. The summed E-state index contributed by atoms with van der Waals surface area (Å²) < 4.78 is 22.5. The lowest BCUT2D eigenvalue weighted by Gasteiger charge is -2.26. The van der Waals surface area contributed by atoms with Gasteiger partial charge in [-0.2, -0.15) is 0 Å². The van der Waals surface area contributed by atoms with Crippen LogP contribution >= 0.6 is 0 Å². The first-order valence-electron chi connectivity index (χ1n) is 7.29. The predicted molar refractivity (Wildman–Crippen MR) is 81.6 cm³/mol. The van der Waals surface area contributed by atoms with Gasteiger partial charge in [0, 0.05) is 38.8 Å². The van der Waals surface area contributed by atoms with Crippen LogP contribution in [-0.2, 0) is 10.8 Å². The first-order valence-corrected chi connectivity index (χ1v) is 8.56. The Kier molecular flexibility index (Phi) is 4.02. The molecule has 4 nitrogen and oxygen atoms in total. The first-order chi connectivity index (χ1) is 10.1. The zero-order chi connectivity index (χ0) is 15.0. The molecule has 0 N–H and O–H groups in total. The Bertz CT molecular complexity index is 545. The highest BCUT2D eigenvalue weighted by Crippen LogP contribution is 2.40. The SMILES string of the molecule is COc1cc(OC)cc(C(=O)C2CC3CCC(C2)S3=O)c1. The van der Waals surface area contributed by atoms with Crippen molar-refractivity contribution in [3.8, 4) is 11.5 Å². The van der Waals surface area contributed by atoms with Crippen molar-refractivity contribution >= 4 is 16.6 Å². The lowest BCUT2D eigenvalue weighted by atomic mass is 9.90. The molecule has 1 aromatic rings. The van der Waals surface area contributed by atoms with E-state index < -0.39 is 10.8 Å². The summed E-state index contributed by atoms with van der Waals surface area (Å²) in [4.78, 5) is 12.8. The number of methoxy groups -OCH3 is 2. The van der Waals surface area contributed by atoms with Crippen molar-refractivity contribution in [2.24, 2.45) is 5.92 Å². The molecular formula is C16H20O4S. The number of benzene rings is 1. The minimum atomic E-state index is -0.726. The third kappa shape index (κ3) is 2.71. The molecule has 0 spiro atoms. The fourth-order valence-corrected chi connectivity index (χ4v) is 5.56. The minimum Gasteiger partial charge on any atom is -0.497 e. The average Bonchev–Trinajstić information content (AvgIpc) is 2.74. The molecule has 2 fully saturated rings. The van der Waals surface area contributed by atoms with E-state index in [2.05, 4.69) is 0 Å². The molecule has 2 bridgehead atoms. The zero-order valence-electron chi connectivity index (χ0n) is 12.3. The zero-order valence-corrected chi connectivity index (χ0v) is 13.2. The second-order valence-electron chi connectivity index (χ2n) is 5.78. The van der Waals surface area contributed by atoms with Crippen LogP contribution in [-0.4, -0.2) is 34.7 Å². The van der Waals surface area contributed by atoms with E-state index in [0.29, 0.717) is 17.1 Å². The number of carbonyl (C=O) groups excluding carboxylic acids is 1. The van der Waals surface area contributed by atoms with Crippen molar-refractivity contribution in [2.75, 3.05) is 14.2 Å². The van der Waals surface area contributed by atoms with Gasteiger partial charge in [0.25, 0.3) is 0 Å². The van der Waals surface area contributed by atoms with E-state index in [1.165, 1.54) is 0 Å². The van der Waals surface area contributed by atoms with Crippen molar-refractivity contribution < 1.29 is 18.5 Å². The van der Waals surface area contributed by atoms with Gasteiger partial charge in [0.2, 0.25) is 0 Å². The Morgan fingerprint density at radius 3 is 2.05 bits per heavy atom. The van der Waals surface area contributed by atoms with Gasteiger partial charge >= 0.3 is 0 Å². The lowest BCUT2D eigenvalue weighted by molar-refractivity contribution is 0.0905. The van der Waals surface area contributed by atoms with Crippen molar-refractivity contribution in [2.45, 2.75) is 36.2 Å². The summed E-state index contributed by atoms with van der Waals surface area (Å²) in [6.07, 6.45) is 3.51. The Hall–Kier alpha value is -1.36. The van der Waals surface area contributed by atoms with E-state index >= 15 is 0 Å². The van der Waals surface area contributed by atoms with Gasteiger partial charge in [0.1, 0.15) is 11.5 Å². The molecule has 2 atom stereocenters. The summed E-state index contributed by atoms with van der Waals surface area (Å²) >= 11 is 0. The third-order valence-electron chi connectivity index (χ3n) is 4.57. The number of fused-ring (bicyclic) bond motifs is 2. The van der Waals surface area contributed by atoms with Crippen molar-refractivity contribution in [3.05, 3.63) is 23.8 Å². The summed E-state index contributed by atoms with van der Waals surface area (Å²) in [7, 11) is 2.43. The monoisotopic (exact) mass is 308 g/mol. The number of rotatable bonds is 4. The Balaban J connectivity index is 1.84. The molecule has 2 aliphatic heterocycles. The molecule has 21 heavy (non-hydrogen) atoms. The first kappa shape index (κ1) is 14.6. The maximum Gasteiger partial charge on any atom is 0.166 e. The van der Waals surface area contributed by atoms with Crippen molar-refractivity contribution in [1.82, 2.24) is 0 Å². The van der Waals surface area contributed by atoms with E-state index in [4.69, 9.17) is 9.47 Å². The number of carbonyl (C=O) groups is 1. The molecule has 2 saturated heterocycles. The number of ether oxygens (including phenoxy) is 2. The number of Topliss-reactive ketones (excluding diaryl/α,β-unsaturated/α-hetero) is 1. The van der Waals surface area contributed by atoms with Gasteiger partial charge in [-0.25, -0.2) is 0 Å². The van der Waals surface area contributed by atoms with E-state index in [9.17, 15) is 9.00 Å². The molecular weight excluding hydrogens is 288 g/mol. The number of ketones is 1. The van der Waals surface area contributed by atoms with Crippen LogP contribution in [0, 0.1) is 5.92 Å². The highest BCUT2D eigenvalue weighted by atomic mass is 32.2. The van der Waals surface area contributed by atoms with Crippen LogP contribution in [0.3, 0.4) is 0 Å². The summed E-state index contributed by atoms with van der Waals surface area (Å²) in [6, 6.07) is 5.28. The van der Waals surface area contributed by atoms with Gasteiger partial charge in [0.15, 0.2) is 5.78 Å². The molecule has 0 saturated carbocycles. The van der Waals surface area contributed by atoms with Gasteiger partial charge in [-0.05, 0) is 37.8 Å². The second kappa shape index (κ2) is 5.79. The highest BCUT2D eigenvalue weighted by Gasteiger charge is 2.42. The molecule has 0 amide bonds. The van der Waals surface area contributed by atoms with E-state index in [1.54, 1.807) is 32.4 Å². The van der Waals surface area contributed by atoms with Gasteiger partial charge < -0.3 is 9.47 Å². The van der Waals surface area contributed by atoms with E-state index in [1.807, 2.05) is 0 Å². The summed E-state index contributed by atoms with van der Waals surface area (Å²) in [5.41, 5.74) is 0.628. The van der Waals surface area contributed by atoms with Crippen LogP contribution < -0.4 is 9.47 Å². The van der Waals surface area contributed by atoms with Gasteiger partial charge in [-0.3, -0.25) is 9.00 Å². The molecule has 114 valence electrons. The van der Waals surface area contributed by atoms with Crippen molar-refractivity contribution in [1.29, 1.82) is 0 Å². The van der Waals surface area contributed by atoms with Gasteiger partial charge in [-0.15, -0.1) is 0 Å². The predicted octanol–water partition coefficient (Wildman–Crippen LogP) is 2.58. The molecule has 5 heteroatoms. The Labute approximate surface area is 127 Å². The average molecular weight is 308 g/mol. The Morgan fingerprint density at radius 2 is 1.57 bits per heavy atom. The fourth-order valence-electron chi connectivity index (χ4n) is 3.43. The van der Waals surface area contributed by atoms with Crippen LogP contribution in [0.25, 0.3) is 0 Å². The molecule has 2 heterocycles. The number of hydrogen-bond donors (Lipinski definition) is 0. The van der Waals surface area contributed by atoms with Crippen LogP contribution in [0.15, 0.2) is 18.2 Å². The van der Waals surface area contributed by atoms with Gasteiger partial charge in [-0.1, -0.05) is 0 Å². The van der Waals surface area contributed by atoms with Gasteiger partial charge in [0.05, 0.1) is 14.2 Å². The van der Waals surface area contributed by atoms with Crippen molar-refractivity contribution in [3.63, 3.8) is 0 Å². The second-order valence-corrected chi connectivity index (χ2v) is 7.77. The molecule has 2 aliphatic rings. The smallest absolute Gasteiger partial charge is 0.166 e. The summed E-state index contributed by atoms with van der Waals surface area (Å²) in [5, 5.41) is 0.426. The highest BCUT2D eigenvalue weighted by molar-refractivity contribution is 7.86. The van der Waals surface area contributed by atoms with Crippen LogP contribution in [0.5, 0.6) is 11.5 Å². The van der Waals surface area contributed by atoms with Crippen LogP contribution in [0.1, 0.15) is 36.0 Å². The lowest BCUT2D eigenvalue weighted by Crippen LogP contribution is -2.32. The number of hydrogen-bond acceptors (Lipinski definition) is 4. The molecule has 1 aromatic carbocycles. The topological polar surface area (TPSA) is 52.6 Å². The minimum absolute atomic E-state index is 0.0167. The fraction of sp³-hybridized carbons (Fsp3) is 0.562. The largest absolute Gasteiger partial charge is 0.497 e. The molecule has 2 unspecified atom stereocenters. The standard InChI is InChI=1S/C16H20O4S/c1-19-12-5-10(6-13(9-12)20-2)16(17)11-7-14-3-4-15(8-11)21(14)18/h5-6,9,11,14-15H,3-4,7-8H2,1-2H3. The van der Waals surface area contributed by atoms with E-state index in [0.717, 1.165) is 25.7 Å². The maximum atomic E-state index is 12.8. The summed E-state index contributed by atoms with van der Waals surface area (Å²) in [6.45, 7) is 0. The van der Waals surface area contributed by atoms with E-state index in [-0.39, 0.29) is 22.2 Å². The Morgan fingerprint density at radius 1 is 1.05 bits per heavy atom. The molecule has 3 rings (SSSR count). The molecule has 0 aliphatic carbocycles. The normalized spacial score (nSPS) is 31.0. The summed E-state index contributed by atoms with van der Waals surface area (Å²) in [5.74, 6) is 1.36. The van der Waals surface area contributed by atoms with Crippen LogP contribution in [0.2, 0.25) is 0 Å². The maximum absolute atomic E-state index is 12.8. The quantitative estimate of drug-likeness (QED) is 0.802.